The predicted molar refractivity (Wildman–Crippen MR) is 319 cm³/mol. The molecule has 0 radical (unpaired) electrons. The van der Waals surface area contributed by atoms with Crippen LogP contribution in [0.1, 0.15) is 120 Å². The Balaban J connectivity index is 0.936. The van der Waals surface area contributed by atoms with E-state index in [0.29, 0.717) is 49.6 Å². The maximum Gasteiger partial charge on any atom is 0.338 e. The first-order chi connectivity index (χ1) is 43.1. The van der Waals surface area contributed by atoms with Crippen molar-refractivity contribution in [3.63, 3.8) is 0 Å². The molecular weight excluding hydrogens is 1260 g/mol. The first-order valence-electron chi connectivity index (χ1n) is 30.5. The van der Waals surface area contributed by atoms with Crippen LogP contribution in [0.2, 0.25) is 0 Å². The summed E-state index contributed by atoms with van der Waals surface area (Å²) in [6, 6.07) is 10.4. The summed E-state index contributed by atoms with van der Waals surface area (Å²) in [5.74, 6) is -5.90. The van der Waals surface area contributed by atoms with E-state index in [1.165, 1.54) is 16.8 Å². The third-order valence-corrected chi connectivity index (χ3v) is 20.2. The Bertz CT molecular complexity index is 3510. The zero-order valence-corrected chi connectivity index (χ0v) is 52.6. The smallest absolute Gasteiger partial charge is 0.338 e. The van der Waals surface area contributed by atoms with Crippen LogP contribution in [-0.2, 0) is 81.4 Å². The number of rotatable bonds is 28. The van der Waals surface area contributed by atoms with Gasteiger partial charge in [-0.25, -0.2) is 9.59 Å². The molecule has 4 aliphatic rings. The number of amides is 2. The highest BCUT2D eigenvalue weighted by atomic mass is 32.2. The molecule has 91 heavy (non-hydrogen) atoms. The van der Waals surface area contributed by atoms with Gasteiger partial charge in [-0.15, -0.1) is 5.10 Å². The average Bonchev–Trinajstić information content (AvgIpc) is 0.914. The van der Waals surface area contributed by atoms with Crippen LogP contribution in [0, 0.1) is 29.6 Å². The average molecular weight is 1340 g/mol. The van der Waals surface area contributed by atoms with Crippen molar-refractivity contribution in [1.82, 2.24) is 20.3 Å². The Morgan fingerprint density at radius 3 is 2.11 bits per heavy atom. The van der Waals surface area contributed by atoms with Crippen molar-refractivity contribution in [3.05, 3.63) is 72.1 Å². The summed E-state index contributed by atoms with van der Waals surface area (Å²) in [5, 5.41) is 78.5. The van der Waals surface area contributed by atoms with Crippen molar-refractivity contribution in [2.45, 2.75) is 199 Å². The number of aryl methyl sites for hydroxylation is 2. The SMILES string of the molecule is CCC1CC(C(=O)NCCCc2cn(CCCCC(=O)Nc3cc(S(=O)(=O)O)cc4cc(S(=O)(=O)O)cc(S(=O)(=O)O)c34)nn2)CC(OC2OC(CO)C(O)C(O[C@@H](CC3CCCCC3)C(=O)O)C2OC(=O)c2ccccc2)C1OC1CC(C)C(O)C(CO)C1O. The molecule has 11 N–H and O–H groups in total. The standard InChI is InChI=1S/C59H81N5O24S3/c1-3-34-23-37(56(71)60-19-12-17-38-29-64(63-62-38)20-11-10-18-48(67)61-42-27-39(89(75,76)77)24-36-25-40(90(78,79)80)28-47(49(36)42)91(81,82)83)26-44(53(34)84-43-21-32(2)50(68)41(30-65)51(43)69)86-59-55(88-58(74)35-15-8-5-9-16-35)54(52(70)46(31-66)87-59)85-45(57(72)73)22-33-13-6-4-7-14-33/h5,8-9,15-16,24-25,27-29,32-34,37,41,43-46,50-55,59,65-66,68-70H,3-4,6-7,10-14,17-23,26,30-31H2,1-2H3,(H,60,71)(H,61,67)(H,72,73)(H,75,76,77)(H,78,79,80)(H,81,82,83)/t32?,34?,37?,41?,43?,44?,45-,46?,50?,51?,52?,53?,54?,55?,59?/m0/s1. The van der Waals surface area contributed by atoms with Crippen LogP contribution >= 0.6 is 0 Å². The molecule has 504 valence electrons. The van der Waals surface area contributed by atoms with Gasteiger partial charge in [0.05, 0.1) is 70.5 Å². The molecule has 29 nitrogen and oxygen atoms in total. The molecule has 4 fully saturated rings. The molecule has 14 unspecified atom stereocenters. The number of aliphatic hydroxyl groups is 5. The minimum Gasteiger partial charge on any atom is -0.479 e. The number of carboxylic acids is 1. The van der Waals surface area contributed by atoms with Crippen LogP contribution in [0.4, 0.5) is 5.69 Å². The number of carbonyl (C=O) groups is 4. The van der Waals surface area contributed by atoms with Crippen LogP contribution in [0.25, 0.3) is 10.8 Å². The monoisotopic (exact) mass is 1340 g/mol. The van der Waals surface area contributed by atoms with E-state index in [1.54, 1.807) is 31.3 Å². The lowest BCUT2D eigenvalue weighted by Crippen LogP contribution is -2.64. The van der Waals surface area contributed by atoms with Gasteiger partial charge < -0.3 is 65.0 Å². The van der Waals surface area contributed by atoms with Gasteiger partial charge in [-0.2, -0.15) is 25.3 Å². The Morgan fingerprint density at radius 2 is 1.47 bits per heavy atom. The highest BCUT2D eigenvalue weighted by Gasteiger charge is 2.54. The number of carboxylic acid groups (broad SMARTS) is 1. The Kier molecular flexibility index (Phi) is 24.3. The number of anilines is 1. The number of aliphatic hydroxyl groups excluding tert-OH is 5. The zero-order valence-electron chi connectivity index (χ0n) is 50.2. The topological polar surface area (TPSA) is 454 Å². The number of hydrogen-bond donors (Lipinski definition) is 11. The summed E-state index contributed by atoms with van der Waals surface area (Å²) >= 11 is 0. The number of unbranched alkanes of at least 4 members (excludes halogenated alkanes) is 1. The highest BCUT2D eigenvalue weighted by Crippen LogP contribution is 2.43. The van der Waals surface area contributed by atoms with Gasteiger partial charge in [0.1, 0.15) is 23.2 Å². The maximum absolute atomic E-state index is 14.3. The van der Waals surface area contributed by atoms with Crippen molar-refractivity contribution in [1.29, 1.82) is 0 Å². The molecule has 4 aromatic rings. The first kappa shape index (κ1) is 71.2. The van der Waals surface area contributed by atoms with E-state index < -0.39 is 184 Å². The number of esters is 1. The molecule has 15 atom stereocenters. The maximum atomic E-state index is 14.3. The zero-order chi connectivity index (χ0) is 66.1. The van der Waals surface area contributed by atoms with Crippen molar-refractivity contribution in [2.24, 2.45) is 29.6 Å². The Hall–Kier alpha value is -5.69. The molecule has 3 saturated carbocycles. The molecule has 3 aliphatic carbocycles. The lowest BCUT2D eigenvalue weighted by atomic mass is 9.74. The van der Waals surface area contributed by atoms with E-state index in [4.69, 9.17) is 23.7 Å². The fourth-order valence-electron chi connectivity index (χ4n) is 12.8. The third kappa shape index (κ3) is 18.2. The molecule has 1 saturated heterocycles. The lowest BCUT2D eigenvalue weighted by Gasteiger charge is -2.49. The van der Waals surface area contributed by atoms with Gasteiger partial charge in [0.2, 0.25) is 11.8 Å². The predicted octanol–water partition coefficient (Wildman–Crippen LogP) is 3.09. The number of ether oxygens (including phenoxy) is 5. The number of nitrogens with one attached hydrogen (secondary N) is 2. The molecule has 1 aromatic heterocycles. The molecule has 2 amide bonds. The van der Waals surface area contributed by atoms with Gasteiger partial charge in [0.15, 0.2) is 18.5 Å². The largest absolute Gasteiger partial charge is 0.479 e. The van der Waals surface area contributed by atoms with Gasteiger partial charge >= 0.3 is 11.9 Å². The van der Waals surface area contributed by atoms with Crippen LogP contribution in [0.15, 0.2) is 75.5 Å². The van der Waals surface area contributed by atoms with Crippen LogP contribution in [-0.4, -0.2) is 195 Å². The second kappa shape index (κ2) is 31.0. The molecule has 2 heterocycles. The van der Waals surface area contributed by atoms with Gasteiger partial charge in [-0.05, 0) is 111 Å². The first-order valence-corrected chi connectivity index (χ1v) is 34.8. The number of benzene rings is 3. The number of nitrogens with zero attached hydrogens (tertiary/aromatic N) is 3. The minimum atomic E-state index is -5.26. The van der Waals surface area contributed by atoms with Crippen molar-refractivity contribution in [3.8, 4) is 0 Å². The molecule has 0 spiro atoms. The van der Waals surface area contributed by atoms with Crippen molar-refractivity contribution in [2.75, 3.05) is 25.1 Å². The fraction of sp³-hybridized carbons (Fsp3) is 0.627. The summed E-state index contributed by atoms with van der Waals surface area (Å²) in [6.45, 7) is 2.75. The van der Waals surface area contributed by atoms with E-state index >= 15 is 0 Å². The normalized spacial score (nSPS) is 28.1. The van der Waals surface area contributed by atoms with Crippen molar-refractivity contribution >= 4 is 70.6 Å². The van der Waals surface area contributed by atoms with E-state index in [2.05, 4.69) is 20.9 Å². The van der Waals surface area contributed by atoms with E-state index in [0.717, 1.165) is 38.2 Å². The molecule has 3 aromatic carbocycles. The van der Waals surface area contributed by atoms with Gasteiger partial charge in [-0.1, -0.05) is 75.8 Å². The molecule has 32 heteroatoms. The number of fused-ring (bicyclic) bond motifs is 1. The van der Waals surface area contributed by atoms with Gasteiger partial charge in [-0.3, -0.25) is 27.9 Å². The summed E-state index contributed by atoms with van der Waals surface area (Å²) < 4.78 is 136. The summed E-state index contributed by atoms with van der Waals surface area (Å²) in [5.41, 5.74) is 0.139. The molecular formula is C59H81N5O24S3. The van der Waals surface area contributed by atoms with Crippen molar-refractivity contribution < 1.29 is 112 Å². The molecule has 8 rings (SSSR count). The second-order valence-corrected chi connectivity index (χ2v) is 28.3. The third-order valence-electron chi connectivity index (χ3n) is 17.7. The van der Waals surface area contributed by atoms with Crippen LogP contribution < -0.4 is 10.6 Å². The molecule has 1 aliphatic heterocycles. The van der Waals surface area contributed by atoms with Gasteiger partial charge in [0, 0.05) is 42.9 Å². The van der Waals surface area contributed by atoms with E-state index in [-0.39, 0.29) is 69.0 Å². The minimum absolute atomic E-state index is 0.00356. The Morgan fingerprint density at radius 1 is 0.780 bits per heavy atom. The summed E-state index contributed by atoms with van der Waals surface area (Å²) in [4.78, 5) is 51.5. The fourth-order valence-corrected chi connectivity index (χ4v) is 14.8. The summed E-state index contributed by atoms with van der Waals surface area (Å²) in [6.07, 6.45) is -6.96. The number of hydrogen-bond acceptors (Lipinski definition) is 22. The summed E-state index contributed by atoms with van der Waals surface area (Å²) in [7, 11) is -15.4. The quantitative estimate of drug-likeness (QED) is 0.0221. The van der Waals surface area contributed by atoms with Gasteiger partial charge in [0.25, 0.3) is 30.4 Å². The van der Waals surface area contributed by atoms with E-state index in [1.807, 2.05) is 6.92 Å². The lowest BCUT2D eigenvalue weighted by molar-refractivity contribution is -0.333. The molecule has 0 bridgehead atoms. The number of aliphatic carboxylic acids is 1. The highest BCUT2D eigenvalue weighted by molar-refractivity contribution is 7.87. The second-order valence-electron chi connectivity index (χ2n) is 24.1. The Labute approximate surface area is 526 Å². The number of aromatic nitrogens is 3. The number of carbonyl (C=O) groups excluding carboxylic acids is 3. The van der Waals surface area contributed by atoms with Crippen LogP contribution in [0.3, 0.4) is 0 Å². The van der Waals surface area contributed by atoms with Crippen LogP contribution in [0.5, 0.6) is 0 Å². The van der Waals surface area contributed by atoms with E-state index in [9.17, 15) is 88.7 Å².